The Morgan fingerprint density at radius 3 is 2.58 bits per heavy atom. The van der Waals surface area contributed by atoms with Crippen LogP contribution in [0.2, 0.25) is 0 Å². The SMILES string of the molecule is CC(C)(C)n1cc(NC(=O)Nc2ccc(-c3cccc4c3CNC4=O)cc2F)c(-c2ccc3ncncc3c2)n1. The number of aromatic nitrogens is 4. The zero-order valence-electron chi connectivity index (χ0n) is 22.1. The van der Waals surface area contributed by atoms with Gasteiger partial charge < -0.3 is 16.0 Å². The van der Waals surface area contributed by atoms with E-state index in [0.717, 1.165) is 27.6 Å². The van der Waals surface area contributed by atoms with Crippen LogP contribution >= 0.6 is 0 Å². The summed E-state index contributed by atoms with van der Waals surface area (Å²) in [6.45, 7) is 6.41. The van der Waals surface area contributed by atoms with E-state index in [0.29, 0.717) is 29.1 Å². The van der Waals surface area contributed by atoms with Gasteiger partial charge in [-0.3, -0.25) is 9.48 Å². The van der Waals surface area contributed by atoms with Crippen LogP contribution in [0, 0.1) is 5.82 Å². The molecule has 3 aromatic carbocycles. The highest BCUT2D eigenvalue weighted by Gasteiger charge is 2.23. The van der Waals surface area contributed by atoms with Crippen molar-refractivity contribution in [2.45, 2.75) is 32.9 Å². The third-order valence-electron chi connectivity index (χ3n) is 6.80. The van der Waals surface area contributed by atoms with E-state index in [9.17, 15) is 9.59 Å². The summed E-state index contributed by atoms with van der Waals surface area (Å²) >= 11 is 0. The molecule has 0 saturated carbocycles. The quantitative estimate of drug-likeness (QED) is 0.264. The average molecular weight is 536 g/mol. The van der Waals surface area contributed by atoms with Crippen molar-refractivity contribution >= 4 is 34.2 Å². The van der Waals surface area contributed by atoms with Gasteiger partial charge >= 0.3 is 6.03 Å². The third kappa shape index (κ3) is 4.64. The summed E-state index contributed by atoms with van der Waals surface area (Å²) < 4.78 is 16.9. The molecule has 200 valence electrons. The monoisotopic (exact) mass is 535 g/mol. The molecule has 0 unspecified atom stereocenters. The van der Waals surface area contributed by atoms with Gasteiger partial charge in [-0.1, -0.05) is 24.3 Å². The van der Waals surface area contributed by atoms with Gasteiger partial charge in [-0.05, 0) is 67.8 Å². The molecule has 5 aromatic rings. The summed E-state index contributed by atoms with van der Waals surface area (Å²) in [5.74, 6) is -0.735. The summed E-state index contributed by atoms with van der Waals surface area (Å²) in [6, 6.07) is 15.0. The van der Waals surface area contributed by atoms with Gasteiger partial charge in [0.2, 0.25) is 0 Å². The van der Waals surface area contributed by atoms with E-state index >= 15 is 4.39 Å². The molecule has 0 spiro atoms. The van der Waals surface area contributed by atoms with Crippen LogP contribution in [0.1, 0.15) is 36.7 Å². The zero-order chi connectivity index (χ0) is 28.0. The Morgan fingerprint density at radius 2 is 1.77 bits per heavy atom. The number of nitrogens with one attached hydrogen (secondary N) is 3. The topological polar surface area (TPSA) is 114 Å². The molecule has 0 fully saturated rings. The Labute approximate surface area is 229 Å². The molecule has 9 nitrogen and oxygen atoms in total. The standard InChI is InChI=1S/C30H26FN7O2/c1-30(2,3)38-15-26(27(37-38)18-8-9-24-19(11-18)13-32-16-34-24)36-29(40)35-25-10-7-17(12-23(25)31)20-5-4-6-21-22(20)14-33-28(21)39/h4-13,15-16H,14H2,1-3H3,(H,33,39)(H2,35,36,40). The fourth-order valence-electron chi connectivity index (χ4n) is 4.74. The molecule has 0 bridgehead atoms. The van der Waals surface area contributed by atoms with E-state index in [2.05, 4.69) is 25.9 Å². The van der Waals surface area contributed by atoms with Gasteiger partial charge in [0.15, 0.2) is 0 Å². The summed E-state index contributed by atoms with van der Waals surface area (Å²) in [6.07, 6.45) is 4.96. The van der Waals surface area contributed by atoms with E-state index < -0.39 is 11.8 Å². The van der Waals surface area contributed by atoms with Gasteiger partial charge in [0.25, 0.3) is 5.91 Å². The van der Waals surface area contributed by atoms with Crippen LogP contribution in [-0.2, 0) is 12.1 Å². The summed E-state index contributed by atoms with van der Waals surface area (Å²) in [4.78, 5) is 33.4. The maximum Gasteiger partial charge on any atom is 0.323 e. The van der Waals surface area contributed by atoms with Crippen molar-refractivity contribution in [3.05, 3.63) is 90.3 Å². The molecule has 0 aliphatic carbocycles. The number of fused-ring (bicyclic) bond motifs is 2. The fourth-order valence-corrected chi connectivity index (χ4v) is 4.74. The van der Waals surface area contributed by atoms with Crippen molar-refractivity contribution in [3.8, 4) is 22.4 Å². The number of carbonyl (C=O) groups is 2. The highest BCUT2D eigenvalue weighted by Crippen LogP contribution is 2.33. The van der Waals surface area contributed by atoms with E-state index in [-0.39, 0.29) is 17.1 Å². The molecule has 3 N–H and O–H groups in total. The van der Waals surface area contributed by atoms with Gasteiger partial charge in [-0.15, -0.1) is 0 Å². The Kier molecular flexibility index (Phi) is 6.02. The maximum absolute atomic E-state index is 15.2. The lowest BCUT2D eigenvalue weighted by atomic mass is 9.96. The minimum Gasteiger partial charge on any atom is -0.348 e. The number of halogens is 1. The lowest BCUT2D eigenvalue weighted by molar-refractivity contribution is 0.0965. The summed E-state index contributed by atoms with van der Waals surface area (Å²) in [7, 11) is 0. The maximum atomic E-state index is 15.2. The van der Waals surface area contributed by atoms with Gasteiger partial charge in [0.1, 0.15) is 17.8 Å². The normalized spacial score (nSPS) is 12.8. The van der Waals surface area contributed by atoms with Gasteiger partial charge in [0, 0.05) is 35.5 Å². The summed E-state index contributed by atoms with van der Waals surface area (Å²) in [5, 5.41) is 13.8. The zero-order valence-corrected chi connectivity index (χ0v) is 22.1. The number of hydrogen-bond acceptors (Lipinski definition) is 5. The van der Waals surface area contributed by atoms with Crippen LogP contribution in [0.15, 0.2) is 73.3 Å². The van der Waals surface area contributed by atoms with E-state index in [1.54, 1.807) is 35.3 Å². The highest BCUT2D eigenvalue weighted by atomic mass is 19.1. The van der Waals surface area contributed by atoms with Crippen molar-refractivity contribution in [3.63, 3.8) is 0 Å². The average Bonchev–Trinajstić information content (AvgIpc) is 3.53. The minimum absolute atomic E-state index is 0.0237. The van der Waals surface area contributed by atoms with Crippen molar-refractivity contribution < 1.29 is 14.0 Å². The number of hydrogen-bond donors (Lipinski definition) is 3. The Hall–Kier alpha value is -5.12. The predicted octanol–water partition coefficient (Wildman–Crippen LogP) is 5.94. The molecule has 0 atom stereocenters. The molecule has 3 heterocycles. The number of nitrogens with zero attached hydrogens (tertiary/aromatic N) is 4. The second-order valence-electron chi connectivity index (χ2n) is 10.6. The smallest absolute Gasteiger partial charge is 0.323 e. The lowest BCUT2D eigenvalue weighted by Crippen LogP contribution is -2.22. The molecule has 3 amide bonds. The number of carbonyl (C=O) groups excluding carboxylic acids is 2. The lowest BCUT2D eigenvalue weighted by Gasteiger charge is -2.18. The Bertz CT molecular complexity index is 1810. The molecular formula is C30H26FN7O2. The van der Waals surface area contributed by atoms with Crippen LogP contribution in [-0.4, -0.2) is 31.7 Å². The fraction of sp³-hybridized carbons (Fsp3) is 0.167. The third-order valence-corrected chi connectivity index (χ3v) is 6.80. The van der Waals surface area contributed by atoms with Crippen LogP contribution in [0.3, 0.4) is 0 Å². The molecule has 40 heavy (non-hydrogen) atoms. The van der Waals surface area contributed by atoms with Gasteiger partial charge in [-0.25, -0.2) is 19.2 Å². The Morgan fingerprint density at radius 1 is 1.00 bits per heavy atom. The van der Waals surface area contributed by atoms with Crippen molar-refractivity contribution in [1.82, 2.24) is 25.1 Å². The number of urea groups is 1. The van der Waals surface area contributed by atoms with Crippen molar-refractivity contribution in [2.24, 2.45) is 0 Å². The Balaban J connectivity index is 1.27. The molecule has 1 aliphatic heterocycles. The minimum atomic E-state index is -0.610. The van der Waals surface area contributed by atoms with Crippen LogP contribution < -0.4 is 16.0 Å². The second kappa shape index (κ2) is 9.57. The summed E-state index contributed by atoms with van der Waals surface area (Å²) in [5.41, 5.74) is 5.09. The molecule has 6 rings (SSSR count). The molecule has 10 heteroatoms. The first-order chi connectivity index (χ1) is 19.2. The van der Waals surface area contributed by atoms with Crippen LogP contribution in [0.4, 0.5) is 20.6 Å². The molecule has 0 saturated heterocycles. The van der Waals surface area contributed by atoms with Crippen molar-refractivity contribution in [1.29, 1.82) is 0 Å². The number of anilines is 2. The second-order valence-corrected chi connectivity index (χ2v) is 10.6. The molecule has 1 aliphatic rings. The van der Waals surface area contributed by atoms with E-state index in [1.807, 2.05) is 45.0 Å². The predicted molar refractivity (Wildman–Crippen MR) is 151 cm³/mol. The number of benzene rings is 3. The first kappa shape index (κ1) is 25.2. The largest absolute Gasteiger partial charge is 0.348 e. The number of rotatable bonds is 4. The van der Waals surface area contributed by atoms with Gasteiger partial charge in [-0.2, -0.15) is 5.10 Å². The molecule has 2 aromatic heterocycles. The van der Waals surface area contributed by atoms with Crippen LogP contribution in [0.25, 0.3) is 33.3 Å². The van der Waals surface area contributed by atoms with E-state index in [4.69, 9.17) is 5.10 Å². The first-order valence-corrected chi connectivity index (χ1v) is 12.8. The first-order valence-electron chi connectivity index (χ1n) is 12.8. The molecular weight excluding hydrogens is 509 g/mol. The van der Waals surface area contributed by atoms with Crippen LogP contribution in [0.5, 0.6) is 0 Å². The number of amides is 3. The van der Waals surface area contributed by atoms with E-state index in [1.165, 1.54) is 18.5 Å². The van der Waals surface area contributed by atoms with Crippen molar-refractivity contribution in [2.75, 3.05) is 10.6 Å². The van der Waals surface area contributed by atoms with Gasteiger partial charge in [0.05, 0.1) is 22.4 Å². The highest BCUT2D eigenvalue weighted by molar-refractivity contribution is 6.03. The molecule has 0 radical (unpaired) electrons.